The molecule has 1 heterocycles. The van der Waals surface area contributed by atoms with E-state index in [0.29, 0.717) is 17.3 Å². The Morgan fingerprint density at radius 3 is 3.18 bits per heavy atom. The molecule has 1 aliphatic heterocycles. The lowest BCUT2D eigenvalue weighted by Crippen LogP contribution is -2.21. The Hall–Kier alpha value is -1.26. The lowest BCUT2D eigenvalue weighted by Gasteiger charge is -2.11. The van der Waals surface area contributed by atoms with E-state index in [9.17, 15) is 4.79 Å². The number of hydrogen-bond acceptors (Lipinski definition) is 3. The van der Waals surface area contributed by atoms with Crippen LogP contribution < -0.4 is 5.32 Å². The molecule has 17 heavy (non-hydrogen) atoms. The molecule has 0 aliphatic carbocycles. The second kappa shape index (κ2) is 5.89. The van der Waals surface area contributed by atoms with Gasteiger partial charge in [-0.3, -0.25) is 5.32 Å². The molecular formula is C12H14ClNO3. The van der Waals surface area contributed by atoms with Gasteiger partial charge in [-0.2, -0.15) is 0 Å². The maximum absolute atomic E-state index is 11.4. The maximum atomic E-state index is 11.4. The summed E-state index contributed by atoms with van der Waals surface area (Å²) < 4.78 is 10.4. The van der Waals surface area contributed by atoms with E-state index >= 15 is 0 Å². The SMILES string of the molecule is O=C(Nc1cccc(Cl)c1)OC[C@@H]1CCCO1. The summed E-state index contributed by atoms with van der Waals surface area (Å²) in [6.07, 6.45) is 1.54. The zero-order valence-electron chi connectivity index (χ0n) is 9.32. The van der Waals surface area contributed by atoms with Gasteiger partial charge in [-0.05, 0) is 31.0 Å². The lowest BCUT2D eigenvalue weighted by molar-refractivity contribution is 0.0484. The third-order valence-corrected chi connectivity index (χ3v) is 2.73. The molecule has 1 amide bonds. The predicted molar refractivity (Wildman–Crippen MR) is 65.4 cm³/mol. The zero-order chi connectivity index (χ0) is 12.1. The van der Waals surface area contributed by atoms with Crippen LogP contribution in [-0.4, -0.2) is 25.4 Å². The highest BCUT2D eigenvalue weighted by Crippen LogP contribution is 2.16. The molecule has 1 fully saturated rings. The first kappa shape index (κ1) is 12.2. The van der Waals surface area contributed by atoms with Crippen LogP contribution in [0.2, 0.25) is 5.02 Å². The smallest absolute Gasteiger partial charge is 0.411 e. The van der Waals surface area contributed by atoms with Crippen LogP contribution in [-0.2, 0) is 9.47 Å². The number of carbonyl (C=O) groups is 1. The van der Waals surface area contributed by atoms with Gasteiger partial charge in [0.15, 0.2) is 0 Å². The second-order valence-electron chi connectivity index (χ2n) is 3.87. The monoisotopic (exact) mass is 255 g/mol. The van der Waals surface area contributed by atoms with Crippen molar-refractivity contribution >= 4 is 23.4 Å². The fourth-order valence-electron chi connectivity index (χ4n) is 1.66. The molecule has 1 saturated heterocycles. The zero-order valence-corrected chi connectivity index (χ0v) is 10.1. The van der Waals surface area contributed by atoms with Crippen molar-refractivity contribution in [3.63, 3.8) is 0 Å². The van der Waals surface area contributed by atoms with Crippen molar-refractivity contribution in [3.8, 4) is 0 Å². The van der Waals surface area contributed by atoms with Gasteiger partial charge in [-0.15, -0.1) is 0 Å². The van der Waals surface area contributed by atoms with Gasteiger partial charge in [0, 0.05) is 17.3 Å². The van der Waals surface area contributed by atoms with Crippen molar-refractivity contribution in [1.82, 2.24) is 0 Å². The fraction of sp³-hybridized carbons (Fsp3) is 0.417. The van der Waals surface area contributed by atoms with Crippen LogP contribution in [0.4, 0.5) is 10.5 Å². The molecule has 92 valence electrons. The highest BCUT2D eigenvalue weighted by molar-refractivity contribution is 6.30. The first-order valence-electron chi connectivity index (χ1n) is 5.55. The molecule has 1 aliphatic rings. The number of halogens is 1. The molecule has 1 aromatic rings. The summed E-state index contributed by atoms with van der Waals surface area (Å²) in [6, 6.07) is 6.91. The third-order valence-electron chi connectivity index (χ3n) is 2.50. The van der Waals surface area contributed by atoms with Crippen molar-refractivity contribution in [2.75, 3.05) is 18.5 Å². The van der Waals surface area contributed by atoms with Crippen molar-refractivity contribution in [2.45, 2.75) is 18.9 Å². The van der Waals surface area contributed by atoms with Crippen molar-refractivity contribution in [3.05, 3.63) is 29.3 Å². The minimum absolute atomic E-state index is 0.0418. The number of ether oxygens (including phenoxy) is 2. The third kappa shape index (κ3) is 3.91. The summed E-state index contributed by atoms with van der Waals surface area (Å²) in [4.78, 5) is 11.4. The van der Waals surface area contributed by atoms with Gasteiger partial charge in [0.05, 0.1) is 6.10 Å². The highest BCUT2D eigenvalue weighted by atomic mass is 35.5. The van der Waals surface area contributed by atoms with Crippen LogP contribution in [0.3, 0.4) is 0 Å². The second-order valence-corrected chi connectivity index (χ2v) is 4.31. The van der Waals surface area contributed by atoms with Gasteiger partial charge in [0.25, 0.3) is 0 Å². The van der Waals surface area contributed by atoms with Gasteiger partial charge in [0.1, 0.15) is 6.61 Å². The van der Waals surface area contributed by atoms with Crippen LogP contribution in [0, 0.1) is 0 Å². The van der Waals surface area contributed by atoms with E-state index in [1.165, 1.54) is 0 Å². The minimum Gasteiger partial charge on any atom is -0.447 e. The first-order chi connectivity index (χ1) is 8.24. The average molecular weight is 256 g/mol. The topological polar surface area (TPSA) is 47.6 Å². The largest absolute Gasteiger partial charge is 0.447 e. The molecule has 0 aromatic heterocycles. The average Bonchev–Trinajstić information content (AvgIpc) is 2.79. The quantitative estimate of drug-likeness (QED) is 0.903. The summed E-state index contributed by atoms with van der Waals surface area (Å²) in [5.41, 5.74) is 0.620. The number of anilines is 1. The number of rotatable bonds is 3. The van der Waals surface area contributed by atoms with E-state index in [4.69, 9.17) is 21.1 Å². The molecule has 0 saturated carbocycles. The summed E-state index contributed by atoms with van der Waals surface area (Å²) in [5.74, 6) is 0. The Morgan fingerprint density at radius 2 is 2.47 bits per heavy atom. The molecular weight excluding hydrogens is 242 g/mol. The fourth-order valence-corrected chi connectivity index (χ4v) is 1.85. The van der Waals surface area contributed by atoms with Gasteiger partial charge >= 0.3 is 6.09 Å². The Morgan fingerprint density at radius 1 is 1.59 bits per heavy atom. The minimum atomic E-state index is -0.484. The first-order valence-corrected chi connectivity index (χ1v) is 5.93. The van der Waals surface area contributed by atoms with Gasteiger partial charge in [-0.25, -0.2) is 4.79 Å². The summed E-state index contributed by atoms with van der Waals surface area (Å²) in [6.45, 7) is 1.05. The predicted octanol–water partition coefficient (Wildman–Crippen LogP) is 3.07. The Balaban J connectivity index is 1.76. The molecule has 1 atom stereocenters. The molecule has 4 nitrogen and oxygen atoms in total. The molecule has 0 radical (unpaired) electrons. The molecule has 5 heteroatoms. The van der Waals surface area contributed by atoms with E-state index in [0.717, 1.165) is 19.4 Å². The van der Waals surface area contributed by atoms with E-state index in [2.05, 4.69) is 5.32 Å². The summed E-state index contributed by atoms with van der Waals surface area (Å²) in [7, 11) is 0. The van der Waals surface area contributed by atoms with Gasteiger partial charge in [-0.1, -0.05) is 17.7 Å². The number of benzene rings is 1. The molecule has 1 N–H and O–H groups in total. The molecule has 1 aromatic carbocycles. The Bertz CT molecular complexity index is 391. The van der Waals surface area contributed by atoms with E-state index in [1.54, 1.807) is 24.3 Å². The standard InChI is InChI=1S/C12H14ClNO3/c13-9-3-1-4-10(7-9)14-12(15)17-8-11-5-2-6-16-11/h1,3-4,7,11H,2,5-6,8H2,(H,14,15)/t11-/m0/s1. The molecule has 0 spiro atoms. The Labute approximate surface area is 105 Å². The maximum Gasteiger partial charge on any atom is 0.411 e. The normalized spacial score (nSPS) is 19.0. The summed E-state index contributed by atoms with van der Waals surface area (Å²) in [5, 5.41) is 3.18. The number of carbonyl (C=O) groups excluding carboxylic acids is 1. The van der Waals surface area contributed by atoms with Crippen molar-refractivity contribution in [1.29, 1.82) is 0 Å². The van der Waals surface area contributed by atoms with E-state index in [-0.39, 0.29) is 6.10 Å². The molecule has 0 unspecified atom stereocenters. The molecule has 0 bridgehead atoms. The summed E-state index contributed by atoms with van der Waals surface area (Å²) >= 11 is 5.80. The van der Waals surface area contributed by atoms with Gasteiger partial charge < -0.3 is 9.47 Å². The molecule has 2 rings (SSSR count). The lowest BCUT2D eigenvalue weighted by atomic mass is 10.2. The van der Waals surface area contributed by atoms with Crippen LogP contribution in [0.5, 0.6) is 0 Å². The van der Waals surface area contributed by atoms with Crippen LogP contribution >= 0.6 is 11.6 Å². The van der Waals surface area contributed by atoms with Gasteiger partial charge in [0.2, 0.25) is 0 Å². The number of nitrogens with one attached hydrogen (secondary N) is 1. The van der Waals surface area contributed by atoms with E-state index < -0.39 is 6.09 Å². The number of amides is 1. The van der Waals surface area contributed by atoms with E-state index in [1.807, 2.05) is 0 Å². The number of hydrogen-bond donors (Lipinski definition) is 1. The van der Waals surface area contributed by atoms with Crippen molar-refractivity contribution in [2.24, 2.45) is 0 Å². The van der Waals surface area contributed by atoms with Crippen LogP contribution in [0.1, 0.15) is 12.8 Å². The van der Waals surface area contributed by atoms with Crippen LogP contribution in [0.15, 0.2) is 24.3 Å². The van der Waals surface area contributed by atoms with Crippen LogP contribution in [0.25, 0.3) is 0 Å². The Kier molecular flexibility index (Phi) is 4.23. The highest BCUT2D eigenvalue weighted by Gasteiger charge is 2.17. The van der Waals surface area contributed by atoms with Crippen molar-refractivity contribution < 1.29 is 14.3 Å².